The second-order valence-corrected chi connectivity index (χ2v) is 4.81. The molecule has 0 bridgehead atoms. The third-order valence-corrected chi connectivity index (χ3v) is 3.10. The molecule has 0 saturated carbocycles. The fraction of sp³-hybridized carbons (Fsp3) is 0.167. The summed E-state index contributed by atoms with van der Waals surface area (Å²) in [6.45, 7) is 0.558. The highest BCUT2D eigenvalue weighted by Gasteiger charge is 2.09. The van der Waals surface area contributed by atoms with Gasteiger partial charge in [-0.2, -0.15) is 5.48 Å². The maximum Gasteiger partial charge on any atom is 0.335 e. The van der Waals surface area contributed by atoms with Crippen molar-refractivity contribution in [3.05, 3.63) is 77.1 Å². The van der Waals surface area contributed by atoms with Gasteiger partial charge < -0.3 is 4.74 Å². The van der Waals surface area contributed by atoms with Gasteiger partial charge in [-0.15, -0.1) is 0 Å². The third-order valence-electron chi connectivity index (χ3n) is 3.10. The van der Waals surface area contributed by atoms with Gasteiger partial charge in [-0.05, 0) is 29.3 Å². The smallest absolute Gasteiger partial charge is 0.335 e. The maximum absolute atomic E-state index is 12.9. The van der Waals surface area contributed by atoms with Crippen LogP contribution in [0.3, 0.4) is 0 Å². The van der Waals surface area contributed by atoms with E-state index in [1.54, 1.807) is 18.2 Å². The Morgan fingerprint density at radius 3 is 2.48 bits per heavy atom. The number of hydroxylamine groups is 1. The average Bonchev–Trinajstić information content (AvgIpc) is 2.59. The van der Waals surface area contributed by atoms with Gasteiger partial charge in [-0.25, -0.2) is 9.18 Å². The van der Waals surface area contributed by atoms with Gasteiger partial charge in [0.2, 0.25) is 0 Å². The number of carbonyl (C=O) groups is 1. The highest BCUT2D eigenvalue weighted by molar-refractivity contribution is 5.94. The SMILES string of the molecule is COC(=O)/C(=C/c1ccc(F)cc1)CNOCc1ccccc1. The number of rotatable bonds is 7. The first-order valence-electron chi connectivity index (χ1n) is 7.12. The first-order chi connectivity index (χ1) is 11.2. The number of hydrogen-bond acceptors (Lipinski definition) is 4. The molecule has 0 amide bonds. The van der Waals surface area contributed by atoms with Crippen molar-refractivity contribution in [1.29, 1.82) is 0 Å². The Labute approximate surface area is 134 Å². The van der Waals surface area contributed by atoms with Gasteiger partial charge in [0, 0.05) is 0 Å². The van der Waals surface area contributed by atoms with E-state index in [4.69, 9.17) is 9.57 Å². The first-order valence-corrected chi connectivity index (χ1v) is 7.12. The summed E-state index contributed by atoms with van der Waals surface area (Å²) in [7, 11) is 1.31. The lowest BCUT2D eigenvalue weighted by atomic mass is 10.1. The zero-order valence-electron chi connectivity index (χ0n) is 12.8. The highest BCUT2D eigenvalue weighted by atomic mass is 19.1. The molecular weight excluding hydrogens is 297 g/mol. The van der Waals surface area contributed by atoms with E-state index in [9.17, 15) is 9.18 Å². The summed E-state index contributed by atoms with van der Waals surface area (Å²) in [5.74, 6) is -0.795. The monoisotopic (exact) mass is 315 g/mol. The van der Waals surface area contributed by atoms with Crippen LogP contribution in [0, 0.1) is 5.82 Å². The molecule has 4 nitrogen and oxygen atoms in total. The van der Waals surface area contributed by atoms with Crippen LogP contribution in [0.2, 0.25) is 0 Å². The van der Waals surface area contributed by atoms with Crippen molar-refractivity contribution in [3.63, 3.8) is 0 Å². The van der Waals surface area contributed by atoms with Gasteiger partial charge in [0.15, 0.2) is 0 Å². The van der Waals surface area contributed by atoms with E-state index in [1.807, 2.05) is 30.3 Å². The molecule has 0 unspecified atom stereocenters. The minimum atomic E-state index is -0.467. The highest BCUT2D eigenvalue weighted by Crippen LogP contribution is 2.09. The Balaban J connectivity index is 1.93. The lowest BCUT2D eigenvalue weighted by molar-refractivity contribution is -0.136. The Morgan fingerprint density at radius 1 is 1.13 bits per heavy atom. The zero-order chi connectivity index (χ0) is 16.5. The van der Waals surface area contributed by atoms with E-state index in [0.29, 0.717) is 17.7 Å². The van der Waals surface area contributed by atoms with E-state index < -0.39 is 5.97 Å². The molecule has 2 rings (SSSR count). The van der Waals surface area contributed by atoms with Gasteiger partial charge in [-0.1, -0.05) is 42.5 Å². The Hall–Kier alpha value is -2.50. The van der Waals surface area contributed by atoms with E-state index in [2.05, 4.69) is 5.48 Å². The fourth-order valence-electron chi connectivity index (χ4n) is 1.91. The predicted octanol–water partition coefficient (Wildman–Crippen LogP) is 3.10. The van der Waals surface area contributed by atoms with E-state index >= 15 is 0 Å². The predicted molar refractivity (Wildman–Crippen MR) is 85.6 cm³/mol. The molecular formula is C18H18FNO3. The topological polar surface area (TPSA) is 47.6 Å². The number of nitrogens with one attached hydrogen (secondary N) is 1. The molecule has 2 aromatic rings. The zero-order valence-corrected chi connectivity index (χ0v) is 12.8. The molecule has 23 heavy (non-hydrogen) atoms. The molecule has 120 valence electrons. The van der Waals surface area contributed by atoms with Gasteiger partial charge >= 0.3 is 5.97 Å². The Bertz CT molecular complexity index is 654. The summed E-state index contributed by atoms with van der Waals surface area (Å²) >= 11 is 0. The molecule has 0 spiro atoms. The first kappa shape index (κ1) is 16.9. The van der Waals surface area contributed by atoms with Crippen LogP contribution in [0.15, 0.2) is 60.2 Å². The van der Waals surface area contributed by atoms with Crippen LogP contribution in [-0.2, 0) is 21.0 Å². The van der Waals surface area contributed by atoms with E-state index in [1.165, 1.54) is 19.2 Å². The second kappa shape index (κ2) is 8.82. The average molecular weight is 315 g/mol. The second-order valence-electron chi connectivity index (χ2n) is 4.81. The molecule has 0 aromatic heterocycles. The van der Waals surface area contributed by atoms with Gasteiger partial charge in [-0.3, -0.25) is 4.84 Å². The lowest BCUT2D eigenvalue weighted by Crippen LogP contribution is -2.22. The van der Waals surface area contributed by atoms with Crippen molar-refractivity contribution in [3.8, 4) is 0 Å². The molecule has 0 fully saturated rings. The summed E-state index contributed by atoms with van der Waals surface area (Å²) in [6, 6.07) is 15.5. The van der Waals surface area contributed by atoms with Crippen LogP contribution in [0.5, 0.6) is 0 Å². The molecule has 2 aromatic carbocycles. The van der Waals surface area contributed by atoms with Crippen LogP contribution in [-0.4, -0.2) is 19.6 Å². The number of halogens is 1. The molecule has 0 saturated heterocycles. The summed E-state index contributed by atoms with van der Waals surface area (Å²) < 4.78 is 17.7. The minimum absolute atomic E-state index is 0.177. The van der Waals surface area contributed by atoms with Crippen molar-refractivity contribution < 1.29 is 18.8 Å². The van der Waals surface area contributed by atoms with Crippen molar-refractivity contribution in [2.45, 2.75) is 6.61 Å². The molecule has 0 heterocycles. The van der Waals surface area contributed by atoms with Crippen LogP contribution >= 0.6 is 0 Å². The largest absolute Gasteiger partial charge is 0.466 e. The molecule has 0 radical (unpaired) electrons. The summed E-state index contributed by atoms with van der Waals surface area (Å²) in [6.07, 6.45) is 1.63. The third kappa shape index (κ3) is 5.65. The molecule has 0 atom stereocenters. The van der Waals surface area contributed by atoms with Crippen molar-refractivity contribution in [2.24, 2.45) is 0 Å². The van der Waals surface area contributed by atoms with Gasteiger partial charge in [0.05, 0.1) is 25.8 Å². The number of methoxy groups -OCH3 is 1. The van der Waals surface area contributed by atoms with E-state index in [0.717, 1.165) is 5.56 Å². The lowest BCUT2D eigenvalue weighted by Gasteiger charge is -2.08. The van der Waals surface area contributed by atoms with Crippen LogP contribution in [0.25, 0.3) is 6.08 Å². The standard InChI is InChI=1S/C18H18FNO3/c1-22-18(21)16(11-14-7-9-17(19)10-8-14)12-20-23-13-15-5-3-2-4-6-15/h2-11,20H,12-13H2,1H3/b16-11+. The van der Waals surface area contributed by atoms with Crippen molar-refractivity contribution in [1.82, 2.24) is 5.48 Å². The quantitative estimate of drug-likeness (QED) is 0.369. The fourth-order valence-corrected chi connectivity index (χ4v) is 1.91. The summed E-state index contributed by atoms with van der Waals surface area (Å²) in [4.78, 5) is 17.1. The van der Waals surface area contributed by atoms with Gasteiger partial charge in [0.25, 0.3) is 0 Å². The van der Waals surface area contributed by atoms with E-state index in [-0.39, 0.29) is 12.4 Å². The number of esters is 1. The maximum atomic E-state index is 12.9. The Kier molecular flexibility index (Phi) is 6.47. The van der Waals surface area contributed by atoms with Crippen LogP contribution in [0.1, 0.15) is 11.1 Å². The molecule has 1 N–H and O–H groups in total. The van der Waals surface area contributed by atoms with Gasteiger partial charge in [0.1, 0.15) is 5.82 Å². The molecule has 0 aliphatic heterocycles. The summed E-state index contributed by atoms with van der Waals surface area (Å²) in [5, 5.41) is 0. The van der Waals surface area contributed by atoms with Crippen molar-refractivity contribution in [2.75, 3.05) is 13.7 Å². The van der Waals surface area contributed by atoms with Crippen molar-refractivity contribution >= 4 is 12.0 Å². The molecule has 0 aliphatic rings. The summed E-state index contributed by atoms with van der Waals surface area (Å²) in [5.41, 5.74) is 4.84. The molecule has 5 heteroatoms. The number of benzene rings is 2. The normalized spacial score (nSPS) is 11.3. The number of ether oxygens (including phenoxy) is 1. The van der Waals surface area contributed by atoms with Crippen LogP contribution < -0.4 is 5.48 Å². The molecule has 0 aliphatic carbocycles. The number of hydrogen-bond donors (Lipinski definition) is 1. The van der Waals surface area contributed by atoms with Crippen LogP contribution in [0.4, 0.5) is 4.39 Å². The number of carbonyl (C=O) groups excluding carboxylic acids is 1. The Morgan fingerprint density at radius 2 is 1.83 bits per heavy atom. The minimum Gasteiger partial charge on any atom is -0.466 e.